The Bertz CT molecular complexity index is 1200. The van der Waals surface area contributed by atoms with Crippen LogP contribution in [0.5, 0.6) is 5.75 Å². The van der Waals surface area contributed by atoms with Crippen LogP contribution in [0.3, 0.4) is 0 Å². The number of carbonyl (C=O) groups excluding carboxylic acids is 2. The topological polar surface area (TPSA) is 79.7 Å². The summed E-state index contributed by atoms with van der Waals surface area (Å²) >= 11 is 0. The third kappa shape index (κ3) is 4.65. The smallest absolute Gasteiger partial charge is 0.295 e. The number of nitrogens with zero attached hydrogens (tertiary/aromatic N) is 2. The van der Waals surface area contributed by atoms with Gasteiger partial charge in [-0.3, -0.25) is 14.6 Å². The van der Waals surface area contributed by atoms with Crippen LogP contribution in [0.2, 0.25) is 0 Å². The lowest BCUT2D eigenvalue weighted by molar-refractivity contribution is -0.140. The van der Waals surface area contributed by atoms with E-state index in [-0.39, 0.29) is 24.0 Å². The molecule has 4 rings (SSSR count). The van der Waals surface area contributed by atoms with Crippen LogP contribution in [0, 0.1) is 6.92 Å². The van der Waals surface area contributed by atoms with Crippen LogP contribution in [-0.4, -0.2) is 32.8 Å². The van der Waals surface area contributed by atoms with Crippen LogP contribution in [0.15, 0.2) is 78.6 Å². The highest BCUT2D eigenvalue weighted by Gasteiger charge is 2.46. The van der Waals surface area contributed by atoms with Crippen molar-refractivity contribution < 1.29 is 19.4 Å². The largest absolute Gasteiger partial charge is 0.507 e. The molecule has 1 aliphatic heterocycles. The minimum Gasteiger partial charge on any atom is -0.507 e. The first-order chi connectivity index (χ1) is 15.8. The first kappa shape index (κ1) is 22.3. The Labute approximate surface area is 193 Å². The van der Waals surface area contributed by atoms with Gasteiger partial charge in [0.15, 0.2) is 0 Å². The number of likely N-dealkylation sites (tertiary alicyclic amines) is 1. The van der Waals surface area contributed by atoms with Crippen LogP contribution >= 0.6 is 0 Å². The Morgan fingerprint density at radius 3 is 2.39 bits per heavy atom. The molecule has 1 unspecified atom stereocenters. The second-order valence-electron chi connectivity index (χ2n) is 8.39. The number of aromatic nitrogens is 1. The minimum absolute atomic E-state index is 0.0179. The number of ether oxygens (including phenoxy) is 1. The van der Waals surface area contributed by atoms with E-state index >= 15 is 0 Å². The van der Waals surface area contributed by atoms with E-state index in [0.717, 1.165) is 16.7 Å². The minimum atomic E-state index is -0.704. The summed E-state index contributed by atoms with van der Waals surface area (Å²) in [6.45, 7) is 6.04. The zero-order valence-electron chi connectivity index (χ0n) is 18.9. The number of amides is 1. The van der Waals surface area contributed by atoms with Crippen molar-refractivity contribution in [1.82, 2.24) is 9.88 Å². The molecule has 0 saturated carbocycles. The number of aliphatic hydroxyl groups is 1. The molecule has 3 aromatic rings. The van der Waals surface area contributed by atoms with Crippen LogP contribution in [0.4, 0.5) is 0 Å². The van der Waals surface area contributed by atoms with E-state index in [2.05, 4.69) is 4.98 Å². The first-order valence-corrected chi connectivity index (χ1v) is 10.9. The second kappa shape index (κ2) is 9.28. The molecule has 0 radical (unpaired) electrons. The number of pyridine rings is 1. The lowest BCUT2D eigenvalue weighted by atomic mass is 9.94. The number of hydrogen-bond donors (Lipinski definition) is 1. The summed E-state index contributed by atoms with van der Waals surface area (Å²) in [6, 6.07) is 17.4. The molecule has 1 amide bonds. The maximum Gasteiger partial charge on any atom is 0.295 e. The summed E-state index contributed by atoms with van der Waals surface area (Å²) < 4.78 is 5.67. The molecule has 6 nitrogen and oxygen atoms in total. The zero-order valence-corrected chi connectivity index (χ0v) is 18.9. The Kier molecular flexibility index (Phi) is 6.27. The van der Waals surface area contributed by atoms with Gasteiger partial charge in [-0.05, 0) is 68.3 Å². The van der Waals surface area contributed by atoms with Crippen molar-refractivity contribution in [2.45, 2.75) is 39.5 Å². The molecule has 168 valence electrons. The van der Waals surface area contributed by atoms with E-state index in [0.29, 0.717) is 11.3 Å². The van der Waals surface area contributed by atoms with E-state index in [4.69, 9.17) is 4.74 Å². The Morgan fingerprint density at radius 2 is 1.76 bits per heavy atom. The predicted octanol–water partition coefficient (Wildman–Crippen LogP) is 4.80. The highest BCUT2D eigenvalue weighted by molar-refractivity contribution is 6.46. The number of benzene rings is 2. The molecular formula is C27H26N2O4. The number of aliphatic hydroxyl groups excluding tert-OH is 1. The van der Waals surface area contributed by atoms with E-state index in [1.54, 1.807) is 48.8 Å². The maximum absolute atomic E-state index is 13.2. The van der Waals surface area contributed by atoms with Gasteiger partial charge >= 0.3 is 0 Å². The molecule has 1 fully saturated rings. The van der Waals surface area contributed by atoms with E-state index in [9.17, 15) is 14.7 Å². The molecule has 1 saturated heterocycles. The summed E-state index contributed by atoms with van der Waals surface area (Å²) in [7, 11) is 0. The quantitative estimate of drug-likeness (QED) is 0.337. The van der Waals surface area contributed by atoms with Gasteiger partial charge in [0.25, 0.3) is 11.7 Å². The number of carbonyl (C=O) groups is 2. The number of Topliss-reactive ketones (excluding diaryl/α,β-unsaturated/α-hetero) is 1. The van der Waals surface area contributed by atoms with Gasteiger partial charge < -0.3 is 14.7 Å². The molecule has 1 atom stereocenters. The Hall–Kier alpha value is -3.93. The van der Waals surface area contributed by atoms with Gasteiger partial charge in [0.2, 0.25) is 0 Å². The van der Waals surface area contributed by atoms with Gasteiger partial charge in [0.1, 0.15) is 11.5 Å². The third-order valence-electron chi connectivity index (χ3n) is 5.50. The van der Waals surface area contributed by atoms with Gasteiger partial charge in [0, 0.05) is 24.5 Å². The lowest BCUT2D eigenvalue weighted by Crippen LogP contribution is -2.29. The molecule has 2 heterocycles. The molecule has 0 bridgehead atoms. The molecule has 1 aliphatic rings. The predicted molar refractivity (Wildman–Crippen MR) is 125 cm³/mol. The highest BCUT2D eigenvalue weighted by Crippen LogP contribution is 2.40. The summed E-state index contributed by atoms with van der Waals surface area (Å²) in [5, 5.41) is 11.2. The van der Waals surface area contributed by atoms with Crippen molar-refractivity contribution in [3.8, 4) is 5.75 Å². The van der Waals surface area contributed by atoms with Crippen molar-refractivity contribution in [3.63, 3.8) is 0 Å². The van der Waals surface area contributed by atoms with Gasteiger partial charge in [-0.2, -0.15) is 0 Å². The SMILES string of the molecule is Cc1cccc(C2/C(=C(/O)c3ccc(OC(C)C)cc3)C(=O)C(=O)N2Cc2ccncc2)c1. The molecule has 1 N–H and O–H groups in total. The average Bonchev–Trinajstić information content (AvgIpc) is 3.04. The fourth-order valence-corrected chi connectivity index (χ4v) is 4.03. The molecule has 1 aromatic heterocycles. The molecule has 0 spiro atoms. The molecular weight excluding hydrogens is 416 g/mol. The van der Waals surface area contributed by atoms with Crippen molar-refractivity contribution in [3.05, 3.63) is 101 Å². The maximum atomic E-state index is 13.2. The van der Waals surface area contributed by atoms with Gasteiger partial charge in [-0.1, -0.05) is 29.8 Å². The number of rotatable bonds is 6. The van der Waals surface area contributed by atoms with Crippen molar-refractivity contribution >= 4 is 17.4 Å². The fraction of sp³-hybridized carbons (Fsp3) is 0.222. The summed E-state index contributed by atoms with van der Waals surface area (Å²) in [5.74, 6) is -0.877. The summed E-state index contributed by atoms with van der Waals surface area (Å²) in [5.41, 5.74) is 3.14. The van der Waals surface area contributed by atoms with Crippen LogP contribution in [0.25, 0.3) is 5.76 Å². The second-order valence-corrected chi connectivity index (χ2v) is 8.39. The monoisotopic (exact) mass is 442 g/mol. The first-order valence-electron chi connectivity index (χ1n) is 10.9. The van der Waals surface area contributed by atoms with Gasteiger partial charge in [0.05, 0.1) is 17.7 Å². The average molecular weight is 443 g/mol. The van der Waals surface area contributed by atoms with Crippen molar-refractivity contribution in [2.24, 2.45) is 0 Å². The van der Waals surface area contributed by atoms with Crippen molar-refractivity contribution in [2.75, 3.05) is 0 Å². The van der Waals surface area contributed by atoms with Crippen LogP contribution < -0.4 is 4.74 Å². The molecule has 33 heavy (non-hydrogen) atoms. The molecule has 2 aromatic carbocycles. The third-order valence-corrected chi connectivity index (χ3v) is 5.50. The normalized spacial score (nSPS) is 17.6. The summed E-state index contributed by atoms with van der Waals surface area (Å²) in [6.07, 6.45) is 3.31. The number of aryl methyl sites for hydroxylation is 1. The Balaban J connectivity index is 1.80. The van der Waals surface area contributed by atoms with Gasteiger partial charge in [-0.25, -0.2) is 0 Å². The van der Waals surface area contributed by atoms with Crippen LogP contribution in [-0.2, 0) is 16.1 Å². The van der Waals surface area contributed by atoms with E-state index in [1.165, 1.54) is 4.90 Å². The zero-order chi connectivity index (χ0) is 23.5. The van der Waals surface area contributed by atoms with E-state index < -0.39 is 17.7 Å². The number of hydrogen-bond acceptors (Lipinski definition) is 5. The Morgan fingerprint density at radius 1 is 1.06 bits per heavy atom. The number of ketones is 1. The summed E-state index contributed by atoms with van der Waals surface area (Å²) in [4.78, 5) is 31.8. The van der Waals surface area contributed by atoms with Crippen molar-refractivity contribution in [1.29, 1.82) is 0 Å². The standard InChI is InChI=1S/C27H26N2O4/c1-17(2)33-22-9-7-20(8-10-22)25(30)23-24(21-6-4-5-18(3)15-21)29(27(32)26(23)31)16-19-11-13-28-14-12-19/h4-15,17,24,30H,16H2,1-3H3/b25-23-. The highest BCUT2D eigenvalue weighted by atomic mass is 16.5. The fourth-order valence-electron chi connectivity index (χ4n) is 4.03. The lowest BCUT2D eigenvalue weighted by Gasteiger charge is -2.25. The van der Waals surface area contributed by atoms with Gasteiger partial charge in [-0.15, -0.1) is 0 Å². The molecule has 6 heteroatoms. The van der Waals surface area contributed by atoms with Crippen LogP contribution in [0.1, 0.15) is 42.1 Å². The van der Waals surface area contributed by atoms with E-state index in [1.807, 2.05) is 45.0 Å². The molecule has 0 aliphatic carbocycles.